The van der Waals surface area contributed by atoms with Gasteiger partial charge in [0.2, 0.25) is 0 Å². The van der Waals surface area contributed by atoms with Crippen molar-refractivity contribution in [3.8, 4) is 0 Å². The Morgan fingerprint density at radius 1 is 1.35 bits per heavy atom. The maximum Gasteiger partial charge on any atom is 0.185 e. The van der Waals surface area contributed by atoms with E-state index in [4.69, 9.17) is 0 Å². The molecule has 2 fully saturated rings. The summed E-state index contributed by atoms with van der Waals surface area (Å²) < 4.78 is 0. The number of thiazole rings is 1. The monoisotopic (exact) mass is 293 g/mol. The molecule has 1 saturated heterocycles. The number of nitrogens with zero attached hydrogens (tertiary/aromatic N) is 3. The van der Waals surface area contributed by atoms with Crippen LogP contribution in [0.3, 0.4) is 0 Å². The lowest BCUT2D eigenvalue weighted by molar-refractivity contribution is -0.126. The van der Waals surface area contributed by atoms with Gasteiger partial charge in [0, 0.05) is 56.6 Å². The highest BCUT2D eigenvalue weighted by molar-refractivity contribution is 7.13. The van der Waals surface area contributed by atoms with Crippen LogP contribution in [0.25, 0.3) is 0 Å². The summed E-state index contributed by atoms with van der Waals surface area (Å²) in [5, 5.41) is 3.16. The summed E-state index contributed by atoms with van der Waals surface area (Å²) >= 11 is 1.71. The fourth-order valence-corrected chi connectivity index (χ4v) is 4.01. The van der Waals surface area contributed by atoms with E-state index >= 15 is 0 Å². The van der Waals surface area contributed by atoms with Gasteiger partial charge in [0.25, 0.3) is 0 Å². The smallest absolute Gasteiger partial charge is 0.185 e. The number of aromatic nitrogens is 1. The number of anilines is 1. The Kier molecular flexibility index (Phi) is 4.36. The van der Waals surface area contributed by atoms with E-state index in [1.807, 2.05) is 11.6 Å². The van der Waals surface area contributed by atoms with Crippen LogP contribution in [0.1, 0.15) is 26.2 Å². The molecule has 0 spiro atoms. The SMILES string of the molecule is CC1CCC(=O)C(CN2CCN(c3nccs3)CC2)C1. The minimum atomic E-state index is 0.283. The molecule has 1 aliphatic carbocycles. The maximum absolute atomic E-state index is 12.0. The van der Waals surface area contributed by atoms with Crippen molar-refractivity contribution in [2.45, 2.75) is 26.2 Å². The third-order valence-corrected chi connectivity index (χ3v) is 5.40. The molecule has 0 bridgehead atoms. The van der Waals surface area contributed by atoms with Crippen molar-refractivity contribution in [3.63, 3.8) is 0 Å². The van der Waals surface area contributed by atoms with Gasteiger partial charge in [-0.3, -0.25) is 9.69 Å². The first-order valence-electron chi connectivity index (χ1n) is 7.62. The van der Waals surface area contributed by atoms with Gasteiger partial charge in [0.1, 0.15) is 5.78 Å². The van der Waals surface area contributed by atoms with Gasteiger partial charge in [0.15, 0.2) is 5.13 Å². The van der Waals surface area contributed by atoms with Gasteiger partial charge in [0.05, 0.1) is 0 Å². The highest BCUT2D eigenvalue weighted by Crippen LogP contribution is 2.27. The molecular weight excluding hydrogens is 270 g/mol. The van der Waals surface area contributed by atoms with Crippen molar-refractivity contribution in [2.24, 2.45) is 11.8 Å². The van der Waals surface area contributed by atoms with Crippen LogP contribution in [0.4, 0.5) is 5.13 Å². The van der Waals surface area contributed by atoms with Crippen molar-refractivity contribution < 1.29 is 4.79 Å². The Morgan fingerprint density at radius 3 is 2.85 bits per heavy atom. The van der Waals surface area contributed by atoms with Gasteiger partial charge in [-0.25, -0.2) is 4.98 Å². The summed E-state index contributed by atoms with van der Waals surface area (Å²) in [6.07, 6.45) is 4.85. The van der Waals surface area contributed by atoms with Crippen LogP contribution in [-0.2, 0) is 4.79 Å². The number of Topliss-reactive ketones (excluding diaryl/α,β-unsaturated/α-hetero) is 1. The molecular formula is C15H23N3OS. The quantitative estimate of drug-likeness (QED) is 0.856. The summed E-state index contributed by atoms with van der Waals surface area (Å²) in [7, 11) is 0. The van der Waals surface area contributed by atoms with Crippen LogP contribution >= 0.6 is 11.3 Å². The molecule has 0 N–H and O–H groups in total. The molecule has 2 unspecified atom stereocenters. The van der Waals surface area contributed by atoms with Crippen LogP contribution in [0, 0.1) is 11.8 Å². The fourth-order valence-electron chi connectivity index (χ4n) is 3.31. The molecule has 0 amide bonds. The molecule has 2 heterocycles. The lowest BCUT2D eigenvalue weighted by Gasteiger charge is -2.37. The Bertz CT molecular complexity index is 440. The average Bonchev–Trinajstić information content (AvgIpc) is 2.98. The number of hydrogen-bond acceptors (Lipinski definition) is 5. The van der Waals surface area contributed by atoms with Gasteiger partial charge in [-0.2, -0.15) is 0 Å². The third kappa shape index (κ3) is 3.20. The van der Waals surface area contributed by atoms with Crippen LogP contribution in [0.5, 0.6) is 0 Å². The molecule has 2 aliphatic rings. The normalized spacial score (nSPS) is 28.9. The second kappa shape index (κ2) is 6.22. The van der Waals surface area contributed by atoms with Gasteiger partial charge in [-0.05, 0) is 18.8 Å². The largest absolute Gasteiger partial charge is 0.346 e. The Balaban J connectivity index is 1.50. The topological polar surface area (TPSA) is 36.4 Å². The molecule has 110 valence electrons. The van der Waals surface area contributed by atoms with Crippen molar-refractivity contribution in [2.75, 3.05) is 37.6 Å². The Labute approximate surface area is 124 Å². The fraction of sp³-hybridized carbons (Fsp3) is 0.733. The molecule has 1 saturated carbocycles. The first-order valence-corrected chi connectivity index (χ1v) is 8.50. The highest BCUT2D eigenvalue weighted by Gasteiger charge is 2.29. The molecule has 4 nitrogen and oxygen atoms in total. The Hall–Kier alpha value is -0.940. The van der Waals surface area contributed by atoms with Crippen molar-refractivity contribution in [3.05, 3.63) is 11.6 Å². The highest BCUT2D eigenvalue weighted by atomic mass is 32.1. The zero-order chi connectivity index (χ0) is 13.9. The summed E-state index contributed by atoms with van der Waals surface area (Å²) in [4.78, 5) is 21.2. The molecule has 1 aromatic rings. The number of rotatable bonds is 3. The van der Waals surface area contributed by atoms with E-state index in [0.29, 0.717) is 11.7 Å². The van der Waals surface area contributed by atoms with Gasteiger partial charge in [-0.15, -0.1) is 11.3 Å². The average molecular weight is 293 g/mol. The molecule has 3 rings (SSSR count). The molecule has 0 aromatic carbocycles. The van der Waals surface area contributed by atoms with Crippen LogP contribution in [0.15, 0.2) is 11.6 Å². The first-order chi connectivity index (χ1) is 9.72. The van der Waals surface area contributed by atoms with Crippen LogP contribution < -0.4 is 4.90 Å². The zero-order valence-corrected chi connectivity index (χ0v) is 12.9. The summed E-state index contributed by atoms with van der Waals surface area (Å²) in [6, 6.07) is 0. The molecule has 2 atom stereocenters. The molecule has 0 radical (unpaired) electrons. The minimum absolute atomic E-state index is 0.283. The molecule has 20 heavy (non-hydrogen) atoms. The van der Waals surface area contributed by atoms with Crippen molar-refractivity contribution >= 4 is 22.3 Å². The summed E-state index contributed by atoms with van der Waals surface area (Å²) in [5.41, 5.74) is 0. The van der Waals surface area contributed by atoms with Gasteiger partial charge >= 0.3 is 0 Å². The van der Waals surface area contributed by atoms with E-state index in [1.54, 1.807) is 11.3 Å². The second-order valence-corrected chi connectivity index (χ2v) is 7.02. The predicted octanol–water partition coefficient (Wildman–Crippen LogP) is 2.27. The van der Waals surface area contributed by atoms with Crippen molar-refractivity contribution in [1.29, 1.82) is 0 Å². The van der Waals surface area contributed by atoms with E-state index in [9.17, 15) is 4.79 Å². The third-order valence-electron chi connectivity index (χ3n) is 4.57. The lowest BCUT2D eigenvalue weighted by Crippen LogP contribution is -2.49. The van der Waals surface area contributed by atoms with Gasteiger partial charge < -0.3 is 4.90 Å². The van der Waals surface area contributed by atoms with E-state index in [1.165, 1.54) is 0 Å². The molecule has 5 heteroatoms. The second-order valence-electron chi connectivity index (χ2n) is 6.15. The van der Waals surface area contributed by atoms with Crippen LogP contribution in [-0.4, -0.2) is 48.4 Å². The van der Waals surface area contributed by atoms with Crippen LogP contribution in [0.2, 0.25) is 0 Å². The zero-order valence-electron chi connectivity index (χ0n) is 12.1. The van der Waals surface area contributed by atoms with E-state index in [2.05, 4.69) is 21.7 Å². The maximum atomic E-state index is 12.0. The predicted molar refractivity (Wildman–Crippen MR) is 82.3 cm³/mol. The van der Waals surface area contributed by atoms with E-state index in [0.717, 1.165) is 57.1 Å². The lowest BCUT2D eigenvalue weighted by atomic mass is 9.81. The molecule has 1 aliphatic heterocycles. The minimum Gasteiger partial charge on any atom is -0.346 e. The molecule has 1 aromatic heterocycles. The number of piperazine rings is 1. The number of hydrogen-bond donors (Lipinski definition) is 0. The number of ketones is 1. The van der Waals surface area contributed by atoms with E-state index in [-0.39, 0.29) is 5.92 Å². The number of carbonyl (C=O) groups is 1. The Morgan fingerprint density at radius 2 is 2.15 bits per heavy atom. The summed E-state index contributed by atoms with van der Waals surface area (Å²) in [5.74, 6) is 1.49. The first kappa shape index (κ1) is 14.0. The standard InChI is InChI=1S/C15H23N3OS/c1-12-2-3-14(19)13(10-12)11-17-5-7-18(8-6-17)15-16-4-9-20-15/h4,9,12-13H,2-3,5-8,10-11H2,1H3. The van der Waals surface area contributed by atoms with Gasteiger partial charge in [-0.1, -0.05) is 6.92 Å². The number of carbonyl (C=O) groups excluding carboxylic acids is 1. The van der Waals surface area contributed by atoms with Crippen molar-refractivity contribution in [1.82, 2.24) is 9.88 Å². The summed E-state index contributed by atoms with van der Waals surface area (Å²) in [6.45, 7) is 7.41. The van der Waals surface area contributed by atoms with E-state index < -0.39 is 0 Å².